The van der Waals surface area contributed by atoms with Crippen LogP contribution >= 0.6 is 11.3 Å². The van der Waals surface area contributed by atoms with Crippen molar-refractivity contribution in [3.8, 4) is 5.75 Å². The molecule has 0 radical (unpaired) electrons. The van der Waals surface area contributed by atoms with Crippen LogP contribution in [-0.4, -0.2) is 25.7 Å². The van der Waals surface area contributed by atoms with E-state index in [9.17, 15) is 8.42 Å². The number of sulfonamides is 1. The summed E-state index contributed by atoms with van der Waals surface area (Å²) in [4.78, 5) is 1.01. The summed E-state index contributed by atoms with van der Waals surface area (Å²) in [7, 11) is -3.40. The minimum Gasteiger partial charge on any atom is -0.494 e. The zero-order valence-corrected chi connectivity index (χ0v) is 14.5. The first-order valence-corrected chi connectivity index (χ1v) is 9.96. The molecule has 1 atom stereocenters. The molecule has 1 aromatic carbocycles. The van der Waals surface area contributed by atoms with Crippen LogP contribution in [0.4, 0.5) is 0 Å². The van der Waals surface area contributed by atoms with Gasteiger partial charge in [0.05, 0.1) is 29.5 Å². The average Bonchev–Trinajstić information content (AvgIpc) is 3.17. The van der Waals surface area contributed by atoms with Crippen molar-refractivity contribution in [3.05, 3.63) is 58.3 Å². The van der Waals surface area contributed by atoms with Gasteiger partial charge in [0.1, 0.15) is 5.75 Å². The highest BCUT2D eigenvalue weighted by Gasteiger charge is 2.33. The fourth-order valence-electron chi connectivity index (χ4n) is 2.47. The SMILES string of the molecule is CCOc1ccc([C@H]2C=C(c3cccs3)NN2S(C)(=O)=O)cc1. The molecule has 0 aliphatic carbocycles. The normalized spacial score (nSPS) is 18.5. The van der Waals surface area contributed by atoms with Gasteiger partial charge in [-0.05, 0) is 42.1 Å². The van der Waals surface area contributed by atoms with Gasteiger partial charge in [-0.25, -0.2) is 8.42 Å². The van der Waals surface area contributed by atoms with Gasteiger partial charge < -0.3 is 10.2 Å². The summed E-state index contributed by atoms with van der Waals surface area (Å²) >= 11 is 1.57. The van der Waals surface area contributed by atoms with E-state index in [-0.39, 0.29) is 6.04 Å². The third-order valence-corrected chi connectivity index (χ3v) is 5.42. The Kier molecular flexibility index (Phi) is 4.43. The summed E-state index contributed by atoms with van der Waals surface area (Å²) in [5, 5.41) is 1.97. The zero-order chi connectivity index (χ0) is 16.4. The van der Waals surface area contributed by atoms with Crippen molar-refractivity contribution in [2.45, 2.75) is 13.0 Å². The maximum absolute atomic E-state index is 12.1. The van der Waals surface area contributed by atoms with Crippen molar-refractivity contribution in [1.29, 1.82) is 0 Å². The lowest BCUT2D eigenvalue weighted by molar-refractivity contribution is 0.338. The third kappa shape index (κ3) is 3.41. The lowest BCUT2D eigenvalue weighted by Gasteiger charge is -2.22. The van der Waals surface area contributed by atoms with Gasteiger partial charge >= 0.3 is 0 Å². The lowest BCUT2D eigenvalue weighted by atomic mass is 10.1. The van der Waals surface area contributed by atoms with Gasteiger partial charge in [0.2, 0.25) is 10.0 Å². The van der Waals surface area contributed by atoms with Crippen molar-refractivity contribution in [1.82, 2.24) is 9.84 Å². The molecule has 0 fully saturated rings. The molecule has 1 N–H and O–H groups in total. The summed E-state index contributed by atoms with van der Waals surface area (Å²) in [5.41, 5.74) is 4.70. The van der Waals surface area contributed by atoms with Crippen LogP contribution in [0.2, 0.25) is 0 Å². The number of hydrogen-bond acceptors (Lipinski definition) is 5. The molecule has 23 heavy (non-hydrogen) atoms. The van der Waals surface area contributed by atoms with Crippen LogP contribution < -0.4 is 10.2 Å². The van der Waals surface area contributed by atoms with Crippen molar-refractivity contribution in [2.24, 2.45) is 0 Å². The zero-order valence-electron chi connectivity index (χ0n) is 12.9. The largest absolute Gasteiger partial charge is 0.494 e. The van der Waals surface area contributed by atoms with Crippen LogP contribution in [0, 0.1) is 0 Å². The Morgan fingerprint density at radius 2 is 2.00 bits per heavy atom. The summed E-state index contributed by atoms with van der Waals surface area (Å²) < 4.78 is 30.9. The molecule has 0 saturated heterocycles. The van der Waals surface area contributed by atoms with E-state index in [1.54, 1.807) is 11.3 Å². The van der Waals surface area contributed by atoms with Crippen molar-refractivity contribution < 1.29 is 13.2 Å². The number of rotatable bonds is 5. The van der Waals surface area contributed by atoms with Crippen LogP contribution in [0.5, 0.6) is 5.75 Å². The Morgan fingerprint density at radius 3 is 2.57 bits per heavy atom. The molecule has 2 heterocycles. The Morgan fingerprint density at radius 1 is 1.26 bits per heavy atom. The van der Waals surface area contributed by atoms with E-state index < -0.39 is 10.0 Å². The molecule has 1 aliphatic rings. The molecule has 1 aromatic heterocycles. The van der Waals surface area contributed by atoms with Crippen LogP contribution in [0.25, 0.3) is 5.70 Å². The lowest BCUT2D eigenvalue weighted by Crippen LogP contribution is -2.38. The monoisotopic (exact) mass is 350 g/mol. The molecule has 122 valence electrons. The predicted molar refractivity (Wildman–Crippen MR) is 92.5 cm³/mol. The van der Waals surface area contributed by atoms with E-state index in [4.69, 9.17) is 4.74 Å². The molecule has 0 spiro atoms. The van der Waals surface area contributed by atoms with Crippen LogP contribution in [0.3, 0.4) is 0 Å². The number of benzene rings is 1. The number of thiophene rings is 1. The Labute approximate surface area is 140 Å². The fraction of sp³-hybridized carbons (Fsp3) is 0.250. The number of nitrogens with one attached hydrogen (secondary N) is 1. The predicted octanol–water partition coefficient (Wildman–Crippen LogP) is 3.01. The number of ether oxygens (including phenoxy) is 1. The summed E-state index contributed by atoms with van der Waals surface area (Å²) in [6.45, 7) is 2.53. The highest BCUT2D eigenvalue weighted by molar-refractivity contribution is 7.88. The first-order valence-electron chi connectivity index (χ1n) is 7.23. The quantitative estimate of drug-likeness (QED) is 0.900. The first kappa shape index (κ1) is 16.0. The van der Waals surface area contributed by atoms with E-state index in [0.29, 0.717) is 6.61 Å². The Bertz CT molecular complexity index is 796. The Balaban J connectivity index is 1.95. The summed E-state index contributed by atoms with van der Waals surface area (Å²) in [6, 6.07) is 11.0. The van der Waals surface area contributed by atoms with Crippen molar-refractivity contribution in [3.63, 3.8) is 0 Å². The number of nitrogens with zero attached hydrogens (tertiary/aromatic N) is 1. The van der Waals surface area contributed by atoms with Crippen LogP contribution in [0.1, 0.15) is 23.4 Å². The smallest absolute Gasteiger partial charge is 0.228 e. The van der Waals surface area contributed by atoms with Crippen LogP contribution in [-0.2, 0) is 10.0 Å². The average molecular weight is 350 g/mol. The maximum Gasteiger partial charge on any atom is 0.228 e. The number of hydrazine groups is 1. The number of hydrogen-bond donors (Lipinski definition) is 1. The van der Waals surface area contributed by atoms with Crippen molar-refractivity contribution >= 4 is 27.1 Å². The first-order chi connectivity index (χ1) is 11.0. The second-order valence-corrected chi connectivity index (χ2v) is 7.98. The highest BCUT2D eigenvalue weighted by Crippen LogP contribution is 2.34. The fourth-order valence-corrected chi connectivity index (χ4v) is 4.03. The second kappa shape index (κ2) is 6.35. The minimum absolute atomic E-state index is 0.377. The molecule has 5 nitrogen and oxygen atoms in total. The van der Waals surface area contributed by atoms with E-state index in [1.165, 1.54) is 10.7 Å². The molecule has 7 heteroatoms. The van der Waals surface area contributed by atoms with Gasteiger partial charge in [-0.3, -0.25) is 0 Å². The molecule has 2 aromatic rings. The summed E-state index contributed by atoms with van der Waals surface area (Å²) in [5.74, 6) is 0.774. The van der Waals surface area contributed by atoms with Gasteiger partial charge in [-0.1, -0.05) is 18.2 Å². The topological polar surface area (TPSA) is 58.6 Å². The summed E-state index contributed by atoms with van der Waals surface area (Å²) in [6.07, 6.45) is 3.13. The minimum atomic E-state index is -3.40. The third-order valence-electron chi connectivity index (χ3n) is 3.48. The molecule has 0 amide bonds. The van der Waals surface area contributed by atoms with Gasteiger partial charge in [-0.15, -0.1) is 15.8 Å². The molecular weight excluding hydrogens is 332 g/mol. The molecule has 0 saturated carbocycles. The van der Waals surface area contributed by atoms with E-state index in [1.807, 2.05) is 54.8 Å². The molecule has 1 aliphatic heterocycles. The van der Waals surface area contributed by atoms with Crippen molar-refractivity contribution in [2.75, 3.05) is 12.9 Å². The second-order valence-electron chi connectivity index (χ2n) is 5.18. The van der Waals surface area contributed by atoms with Gasteiger partial charge in [0.25, 0.3) is 0 Å². The van der Waals surface area contributed by atoms with Gasteiger partial charge in [-0.2, -0.15) is 0 Å². The van der Waals surface area contributed by atoms with E-state index in [0.717, 1.165) is 21.9 Å². The molecular formula is C16H18N2O3S2. The Hall–Kier alpha value is -1.83. The molecule has 0 bridgehead atoms. The van der Waals surface area contributed by atoms with E-state index in [2.05, 4.69) is 5.43 Å². The maximum atomic E-state index is 12.1. The van der Waals surface area contributed by atoms with E-state index >= 15 is 0 Å². The van der Waals surface area contributed by atoms with Crippen LogP contribution in [0.15, 0.2) is 47.9 Å². The van der Waals surface area contributed by atoms with Gasteiger partial charge in [0, 0.05) is 0 Å². The molecule has 0 unspecified atom stereocenters. The standard InChI is InChI=1S/C16H18N2O3S2/c1-3-21-13-8-6-12(7-9-13)15-11-14(16-5-4-10-22-16)17-18(15)23(2,19)20/h4-11,15,17H,3H2,1-2H3/t15-/m1/s1. The van der Waals surface area contributed by atoms with Gasteiger partial charge in [0.15, 0.2) is 0 Å². The molecule has 3 rings (SSSR count). The highest BCUT2D eigenvalue weighted by atomic mass is 32.2.